The second-order valence-electron chi connectivity index (χ2n) is 4.54. The summed E-state index contributed by atoms with van der Waals surface area (Å²) >= 11 is 0. The molecule has 2 heterocycles. The molecule has 98 valence electrons. The smallest absolute Gasteiger partial charge is 0.247 e. The molecule has 2 amide bonds. The molecule has 1 fully saturated rings. The van der Waals surface area contributed by atoms with E-state index < -0.39 is 11.8 Å². The molecule has 0 N–H and O–H groups in total. The minimum absolute atomic E-state index is 0.181. The number of carbonyl (C=O) groups excluding carboxylic acids is 2. The number of nitrogens with zero attached hydrogens (tertiary/aromatic N) is 2. The van der Waals surface area contributed by atoms with Crippen LogP contribution in [0.25, 0.3) is 0 Å². The first-order valence-corrected chi connectivity index (χ1v) is 6.34. The largest absolute Gasteiger partial charge is 0.481 e. The molecule has 2 aliphatic heterocycles. The van der Waals surface area contributed by atoms with Crippen LogP contribution in [0.3, 0.4) is 0 Å². The van der Waals surface area contributed by atoms with Gasteiger partial charge in [-0.15, -0.1) is 0 Å². The van der Waals surface area contributed by atoms with Crippen molar-refractivity contribution in [2.75, 3.05) is 18.1 Å². The Morgan fingerprint density at radius 3 is 2.68 bits per heavy atom. The number of amides is 2. The summed E-state index contributed by atoms with van der Waals surface area (Å²) in [6.07, 6.45) is 0. The highest BCUT2D eigenvalue weighted by atomic mass is 16.5. The van der Waals surface area contributed by atoms with Gasteiger partial charge in [0, 0.05) is 0 Å². The van der Waals surface area contributed by atoms with Crippen molar-refractivity contribution in [3.05, 3.63) is 30.3 Å². The summed E-state index contributed by atoms with van der Waals surface area (Å²) in [6, 6.07) is 8.98. The van der Waals surface area contributed by atoms with Crippen LogP contribution in [0.15, 0.2) is 35.3 Å². The van der Waals surface area contributed by atoms with Crippen molar-refractivity contribution >= 4 is 23.4 Å². The van der Waals surface area contributed by atoms with Crippen LogP contribution in [-0.2, 0) is 14.3 Å². The van der Waals surface area contributed by atoms with Gasteiger partial charge in [0.25, 0.3) is 0 Å². The van der Waals surface area contributed by atoms with Gasteiger partial charge in [0.2, 0.25) is 11.8 Å². The molecule has 5 nitrogen and oxygen atoms in total. The number of benzene rings is 1. The maximum Gasteiger partial charge on any atom is 0.247 e. The fraction of sp³-hybridized carbons (Fsp3) is 0.357. The van der Waals surface area contributed by atoms with Crippen molar-refractivity contribution in [1.29, 1.82) is 0 Å². The van der Waals surface area contributed by atoms with E-state index in [1.807, 2.05) is 25.1 Å². The van der Waals surface area contributed by atoms with Crippen molar-refractivity contribution in [2.45, 2.75) is 6.92 Å². The minimum atomic E-state index is -0.535. The van der Waals surface area contributed by atoms with Gasteiger partial charge in [-0.2, -0.15) is 0 Å². The predicted molar refractivity (Wildman–Crippen MR) is 69.8 cm³/mol. The lowest BCUT2D eigenvalue weighted by molar-refractivity contribution is -0.122. The van der Waals surface area contributed by atoms with Gasteiger partial charge in [-0.3, -0.25) is 14.6 Å². The van der Waals surface area contributed by atoms with Crippen LogP contribution in [0.2, 0.25) is 0 Å². The highest BCUT2D eigenvalue weighted by molar-refractivity contribution is 6.28. The molecule has 0 bridgehead atoms. The SMILES string of the molecule is CCOC1=NCC2C(=O)N(c3ccccc3)C(=O)C12. The Hall–Kier alpha value is -2.17. The second-order valence-corrected chi connectivity index (χ2v) is 4.54. The number of ether oxygens (including phenoxy) is 1. The molecule has 2 aliphatic rings. The summed E-state index contributed by atoms with van der Waals surface area (Å²) in [4.78, 5) is 30.2. The lowest BCUT2D eigenvalue weighted by atomic mass is 9.98. The summed E-state index contributed by atoms with van der Waals surface area (Å²) in [5, 5.41) is 0. The average Bonchev–Trinajstić information content (AvgIpc) is 2.93. The zero-order valence-electron chi connectivity index (χ0n) is 10.6. The standard InChI is InChI=1S/C14H14N2O3/c1-2-19-12-11-10(8-15-12)13(17)16(14(11)18)9-6-4-3-5-7-9/h3-7,10-11H,2,8H2,1H3. The Morgan fingerprint density at radius 1 is 1.26 bits per heavy atom. The predicted octanol–water partition coefficient (Wildman–Crippen LogP) is 1.24. The van der Waals surface area contributed by atoms with Crippen LogP contribution in [0.4, 0.5) is 5.69 Å². The number of aliphatic imine (C=N–C) groups is 1. The van der Waals surface area contributed by atoms with Gasteiger partial charge in [0.05, 0.1) is 24.8 Å². The molecular weight excluding hydrogens is 244 g/mol. The fourth-order valence-electron chi connectivity index (χ4n) is 2.59. The molecule has 2 unspecified atom stereocenters. The number of anilines is 1. The van der Waals surface area contributed by atoms with E-state index in [0.29, 0.717) is 24.7 Å². The molecule has 1 aromatic carbocycles. The zero-order valence-corrected chi connectivity index (χ0v) is 10.6. The Labute approximate surface area is 110 Å². The van der Waals surface area contributed by atoms with Gasteiger partial charge in [-0.1, -0.05) is 18.2 Å². The van der Waals surface area contributed by atoms with Crippen molar-refractivity contribution in [1.82, 2.24) is 0 Å². The van der Waals surface area contributed by atoms with Gasteiger partial charge in [-0.25, -0.2) is 4.90 Å². The summed E-state index contributed by atoms with van der Waals surface area (Å²) in [7, 11) is 0. The molecule has 3 rings (SSSR count). The first-order chi connectivity index (χ1) is 9.24. The molecule has 1 aromatic rings. The quantitative estimate of drug-likeness (QED) is 0.750. The molecule has 2 atom stereocenters. The lowest BCUT2D eigenvalue weighted by Gasteiger charge is -2.15. The van der Waals surface area contributed by atoms with E-state index in [1.165, 1.54) is 4.90 Å². The first kappa shape index (κ1) is 11.9. The van der Waals surface area contributed by atoms with Crippen LogP contribution in [0.5, 0.6) is 0 Å². The molecule has 5 heteroatoms. The third kappa shape index (κ3) is 1.73. The molecular formula is C14H14N2O3. The van der Waals surface area contributed by atoms with E-state index >= 15 is 0 Å². The van der Waals surface area contributed by atoms with Crippen LogP contribution < -0.4 is 4.90 Å². The zero-order chi connectivity index (χ0) is 13.4. The Kier molecular flexibility index (Phi) is 2.81. The number of fused-ring (bicyclic) bond motifs is 1. The van der Waals surface area contributed by atoms with Crippen molar-refractivity contribution in [3.63, 3.8) is 0 Å². The molecule has 0 spiro atoms. The second kappa shape index (κ2) is 4.50. The van der Waals surface area contributed by atoms with Crippen LogP contribution in [0, 0.1) is 11.8 Å². The lowest BCUT2D eigenvalue weighted by Crippen LogP contribution is -2.33. The van der Waals surface area contributed by atoms with Gasteiger partial charge in [-0.05, 0) is 19.1 Å². The maximum absolute atomic E-state index is 12.4. The third-order valence-corrected chi connectivity index (χ3v) is 3.44. The first-order valence-electron chi connectivity index (χ1n) is 6.34. The van der Waals surface area contributed by atoms with Gasteiger partial charge in [0.15, 0.2) is 5.90 Å². The van der Waals surface area contributed by atoms with E-state index in [0.717, 1.165) is 0 Å². The highest BCUT2D eigenvalue weighted by Crippen LogP contribution is 2.35. The van der Waals surface area contributed by atoms with Crippen molar-refractivity contribution in [3.8, 4) is 0 Å². The monoisotopic (exact) mass is 258 g/mol. The fourth-order valence-corrected chi connectivity index (χ4v) is 2.59. The third-order valence-electron chi connectivity index (χ3n) is 3.44. The molecule has 0 aliphatic carbocycles. The number of hydrogen-bond donors (Lipinski definition) is 0. The van der Waals surface area contributed by atoms with Crippen LogP contribution >= 0.6 is 0 Å². The van der Waals surface area contributed by atoms with E-state index in [2.05, 4.69) is 4.99 Å². The number of hydrogen-bond acceptors (Lipinski definition) is 4. The van der Waals surface area contributed by atoms with Crippen LogP contribution in [-0.4, -0.2) is 30.9 Å². The minimum Gasteiger partial charge on any atom is -0.481 e. The van der Waals surface area contributed by atoms with Gasteiger partial charge >= 0.3 is 0 Å². The van der Waals surface area contributed by atoms with E-state index in [4.69, 9.17) is 4.74 Å². The molecule has 0 saturated carbocycles. The summed E-state index contributed by atoms with van der Waals surface area (Å²) in [5.41, 5.74) is 0.614. The van der Waals surface area contributed by atoms with E-state index in [-0.39, 0.29) is 11.8 Å². The maximum atomic E-state index is 12.4. The molecule has 0 radical (unpaired) electrons. The Balaban J connectivity index is 1.93. The summed E-state index contributed by atoms with van der Waals surface area (Å²) in [6.45, 7) is 2.63. The normalized spacial score (nSPS) is 25.5. The van der Waals surface area contributed by atoms with Crippen molar-refractivity contribution in [2.24, 2.45) is 16.8 Å². The van der Waals surface area contributed by atoms with Crippen molar-refractivity contribution < 1.29 is 14.3 Å². The topological polar surface area (TPSA) is 59.0 Å². The van der Waals surface area contributed by atoms with E-state index in [1.54, 1.807) is 12.1 Å². The van der Waals surface area contributed by atoms with Crippen LogP contribution in [0.1, 0.15) is 6.92 Å². The molecule has 19 heavy (non-hydrogen) atoms. The van der Waals surface area contributed by atoms with Gasteiger partial charge < -0.3 is 4.74 Å². The number of imide groups is 1. The number of rotatable bonds is 2. The van der Waals surface area contributed by atoms with Gasteiger partial charge in [0.1, 0.15) is 5.92 Å². The molecule has 1 saturated heterocycles. The summed E-state index contributed by atoms with van der Waals surface area (Å²) < 4.78 is 5.37. The molecule has 0 aromatic heterocycles. The average molecular weight is 258 g/mol. The highest BCUT2D eigenvalue weighted by Gasteiger charge is 2.54. The number of carbonyl (C=O) groups is 2. The Bertz CT molecular complexity index is 553. The van der Waals surface area contributed by atoms with E-state index in [9.17, 15) is 9.59 Å². The number of para-hydroxylation sites is 1. The Morgan fingerprint density at radius 2 is 2.00 bits per heavy atom. The summed E-state index contributed by atoms with van der Waals surface area (Å²) in [5.74, 6) is -0.934.